The average Bonchev–Trinajstić information content (AvgIpc) is 2.55. The third-order valence-electron chi connectivity index (χ3n) is 3.57. The first kappa shape index (κ1) is 15.5. The van der Waals surface area contributed by atoms with Crippen LogP contribution in [0.5, 0.6) is 5.75 Å². The van der Waals surface area contributed by atoms with Crippen molar-refractivity contribution in [1.29, 1.82) is 0 Å². The van der Waals surface area contributed by atoms with Crippen molar-refractivity contribution in [2.75, 3.05) is 6.61 Å². The van der Waals surface area contributed by atoms with Gasteiger partial charge in [0.15, 0.2) is 0 Å². The predicted octanol–water partition coefficient (Wildman–Crippen LogP) is 3.71. The summed E-state index contributed by atoms with van der Waals surface area (Å²) in [4.78, 5) is 4.42. The highest BCUT2D eigenvalue weighted by Crippen LogP contribution is 2.19. The van der Waals surface area contributed by atoms with Crippen molar-refractivity contribution in [3.63, 3.8) is 0 Å². The summed E-state index contributed by atoms with van der Waals surface area (Å²) in [6.07, 6.45) is 4.07. The molecule has 0 aliphatic rings. The van der Waals surface area contributed by atoms with Crippen LogP contribution in [0.25, 0.3) is 0 Å². The zero-order chi connectivity index (χ0) is 15.1. The number of benzene rings is 1. The Labute approximate surface area is 126 Å². The van der Waals surface area contributed by atoms with E-state index in [1.807, 2.05) is 37.4 Å². The van der Waals surface area contributed by atoms with E-state index in [2.05, 4.69) is 24.0 Å². The van der Waals surface area contributed by atoms with E-state index in [4.69, 9.17) is 4.74 Å². The first-order valence-electron chi connectivity index (χ1n) is 7.57. The molecule has 0 saturated carbocycles. The molecule has 3 heteroatoms. The van der Waals surface area contributed by atoms with E-state index in [1.54, 1.807) is 0 Å². The van der Waals surface area contributed by atoms with Crippen LogP contribution in [-0.2, 0) is 12.8 Å². The average molecular weight is 285 g/mol. The minimum atomic E-state index is -0.389. The van der Waals surface area contributed by atoms with Gasteiger partial charge in [0.05, 0.1) is 12.7 Å². The molecule has 0 bridgehead atoms. The molecule has 21 heavy (non-hydrogen) atoms. The predicted molar refractivity (Wildman–Crippen MR) is 84.5 cm³/mol. The summed E-state index contributed by atoms with van der Waals surface area (Å²) >= 11 is 0. The number of aromatic nitrogens is 1. The van der Waals surface area contributed by atoms with E-state index >= 15 is 0 Å². The molecular formula is C18H23NO2. The van der Waals surface area contributed by atoms with Crippen LogP contribution < -0.4 is 4.74 Å². The van der Waals surface area contributed by atoms with Crippen LogP contribution in [-0.4, -0.2) is 16.7 Å². The Balaban J connectivity index is 1.82. The third-order valence-corrected chi connectivity index (χ3v) is 3.57. The molecule has 0 saturated heterocycles. The van der Waals surface area contributed by atoms with Crippen molar-refractivity contribution in [2.45, 2.75) is 39.2 Å². The molecule has 0 amide bonds. The monoisotopic (exact) mass is 285 g/mol. The molecule has 0 spiro atoms. The second-order valence-corrected chi connectivity index (χ2v) is 5.10. The summed E-state index contributed by atoms with van der Waals surface area (Å²) < 4.78 is 5.71. The normalized spacial score (nSPS) is 12.1. The highest BCUT2D eigenvalue weighted by atomic mass is 16.5. The van der Waals surface area contributed by atoms with Crippen molar-refractivity contribution in [2.24, 2.45) is 0 Å². The van der Waals surface area contributed by atoms with E-state index in [1.165, 1.54) is 5.56 Å². The summed E-state index contributed by atoms with van der Waals surface area (Å²) in [5.41, 5.74) is 3.23. The van der Waals surface area contributed by atoms with Crippen molar-refractivity contribution < 1.29 is 9.84 Å². The van der Waals surface area contributed by atoms with Crippen LogP contribution >= 0.6 is 0 Å². The Morgan fingerprint density at radius 1 is 1.10 bits per heavy atom. The molecule has 2 rings (SSSR count). The molecule has 1 unspecified atom stereocenters. The second-order valence-electron chi connectivity index (χ2n) is 5.10. The molecule has 1 aromatic heterocycles. The van der Waals surface area contributed by atoms with Gasteiger partial charge in [-0.1, -0.05) is 32.0 Å². The van der Waals surface area contributed by atoms with Crippen LogP contribution in [0, 0.1) is 0 Å². The fourth-order valence-electron chi connectivity index (χ4n) is 2.11. The maximum absolute atomic E-state index is 9.74. The number of pyridine rings is 1. The van der Waals surface area contributed by atoms with Gasteiger partial charge in [-0.2, -0.15) is 0 Å². The fraction of sp³-hybridized carbons (Fsp3) is 0.389. The van der Waals surface area contributed by atoms with E-state index in [-0.39, 0.29) is 6.10 Å². The Bertz CT molecular complexity index is 534. The number of aryl methyl sites for hydroxylation is 1. The van der Waals surface area contributed by atoms with Gasteiger partial charge in [0, 0.05) is 18.3 Å². The Morgan fingerprint density at radius 3 is 2.43 bits per heavy atom. The van der Waals surface area contributed by atoms with Gasteiger partial charge in [-0.3, -0.25) is 4.98 Å². The molecule has 2 aromatic rings. The summed E-state index contributed by atoms with van der Waals surface area (Å²) in [5.74, 6) is 0.826. The quantitative estimate of drug-likeness (QED) is 0.843. The number of aliphatic hydroxyl groups is 1. The molecule has 0 fully saturated rings. The van der Waals surface area contributed by atoms with Crippen LogP contribution in [0.15, 0.2) is 42.6 Å². The molecule has 1 heterocycles. The minimum absolute atomic E-state index is 0.389. The molecule has 0 radical (unpaired) electrons. The van der Waals surface area contributed by atoms with Gasteiger partial charge in [0.2, 0.25) is 0 Å². The lowest BCUT2D eigenvalue weighted by molar-refractivity contribution is 0.173. The zero-order valence-corrected chi connectivity index (χ0v) is 12.7. The fourth-order valence-corrected chi connectivity index (χ4v) is 2.11. The molecule has 0 aliphatic heterocycles. The van der Waals surface area contributed by atoms with Gasteiger partial charge >= 0.3 is 0 Å². The van der Waals surface area contributed by atoms with Crippen molar-refractivity contribution in [3.05, 3.63) is 59.4 Å². The molecule has 3 nitrogen and oxygen atoms in total. The van der Waals surface area contributed by atoms with Crippen molar-refractivity contribution in [1.82, 2.24) is 4.98 Å². The third kappa shape index (κ3) is 4.57. The SMILES string of the molecule is CCc1ccc(CCOc2ccc(C(O)CC)cc2)nc1. The summed E-state index contributed by atoms with van der Waals surface area (Å²) in [6.45, 7) is 4.69. The van der Waals surface area contributed by atoms with Crippen LogP contribution in [0.4, 0.5) is 0 Å². The largest absolute Gasteiger partial charge is 0.493 e. The number of hydrogen-bond acceptors (Lipinski definition) is 3. The van der Waals surface area contributed by atoms with Gasteiger partial charge in [-0.05, 0) is 42.2 Å². The number of hydrogen-bond donors (Lipinski definition) is 1. The number of rotatable bonds is 7. The first-order valence-corrected chi connectivity index (χ1v) is 7.57. The van der Waals surface area contributed by atoms with Crippen LogP contribution in [0.1, 0.15) is 43.2 Å². The summed E-state index contributed by atoms with van der Waals surface area (Å²) in [5, 5.41) is 9.74. The van der Waals surface area contributed by atoms with Crippen LogP contribution in [0.3, 0.4) is 0 Å². The summed E-state index contributed by atoms with van der Waals surface area (Å²) in [6, 6.07) is 11.8. The lowest BCUT2D eigenvalue weighted by Gasteiger charge is -2.10. The van der Waals surface area contributed by atoms with Gasteiger partial charge in [0.25, 0.3) is 0 Å². The number of aliphatic hydroxyl groups excluding tert-OH is 1. The molecule has 1 aromatic carbocycles. The Morgan fingerprint density at radius 2 is 1.86 bits per heavy atom. The molecule has 1 N–H and O–H groups in total. The minimum Gasteiger partial charge on any atom is -0.493 e. The highest BCUT2D eigenvalue weighted by Gasteiger charge is 2.04. The zero-order valence-electron chi connectivity index (χ0n) is 12.7. The highest BCUT2D eigenvalue weighted by molar-refractivity contribution is 5.28. The van der Waals surface area contributed by atoms with Crippen LogP contribution in [0.2, 0.25) is 0 Å². The van der Waals surface area contributed by atoms with Gasteiger partial charge in [-0.25, -0.2) is 0 Å². The lowest BCUT2D eigenvalue weighted by atomic mass is 10.1. The molecule has 1 atom stereocenters. The number of ether oxygens (including phenoxy) is 1. The van der Waals surface area contributed by atoms with E-state index < -0.39 is 0 Å². The topological polar surface area (TPSA) is 42.4 Å². The van der Waals surface area contributed by atoms with Gasteiger partial charge < -0.3 is 9.84 Å². The van der Waals surface area contributed by atoms with Crippen molar-refractivity contribution in [3.8, 4) is 5.75 Å². The maximum Gasteiger partial charge on any atom is 0.119 e. The van der Waals surface area contributed by atoms with Gasteiger partial charge in [-0.15, -0.1) is 0 Å². The molecule has 0 aliphatic carbocycles. The summed E-state index contributed by atoms with van der Waals surface area (Å²) in [7, 11) is 0. The first-order chi connectivity index (χ1) is 10.2. The van der Waals surface area contributed by atoms with Crippen molar-refractivity contribution >= 4 is 0 Å². The Hall–Kier alpha value is -1.87. The smallest absolute Gasteiger partial charge is 0.119 e. The molecular weight excluding hydrogens is 262 g/mol. The van der Waals surface area contributed by atoms with E-state index in [0.717, 1.165) is 36.3 Å². The second kappa shape index (κ2) is 7.79. The van der Waals surface area contributed by atoms with E-state index in [0.29, 0.717) is 6.61 Å². The Kier molecular flexibility index (Phi) is 5.76. The van der Waals surface area contributed by atoms with Gasteiger partial charge in [0.1, 0.15) is 5.75 Å². The maximum atomic E-state index is 9.74. The number of nitrogens with zero attached hydrogens (tertiary/aromatic N) is 1. The standard InChI is InChI=1S/C18H23NO2/c1-3-14-5-8-16(19-13-14)11-12-21-17-9-6-15(7-10-17)18(20)4-2/h5-10,13,18,20H,3-4,11-12H2,1-2H3. The van der Waals surface area contributed by atoms with E-state index in [9.17, 15) is 5.11 Å². The molecule has 112 valence electrons. The lowest BCUT2D eigenvalue weighted by Crippen LogP contribution is -2.03.